The van der Waals surface area contributed by atoms with E-state index in [4.69, 9.17) is 0 Å². The maximum absolute atomic E-state index is 12.4. The number of rotatable bonds is 4. The van der Waals surface area contributed by atoms with Gasteiger partial charge in [-0.3, -0.25) is 4.79 Å². The van der Waals surface area contributed by atoms with Crippen molar-refractivity contribution in [3.8, 4) is 0 Å². The van der Waals surface area contributed by atoms with Crippen LogP contribution in [0.1, 0.15) is 17.4 Å². The van der Waals surface area contributed by atoms with Gasteiger partial charge in [0, 0.05) is 42.5 Å². The summed E-state index contributed by atoms with van der Waals surface area (Å²) in [5, 5.41) is 2.85. The first kappa shape index (κ1) is 16.9. The number of anilines is 2. The van der Waals surface area contributed by atoms with Crippen LogP contribution in [0.4, 0.5) is 11.6 Å². The van der Waals surface area contributed by atoms with E-state index in [1.54, 1.807) is 12.3 Å². The zero-order valence-electron chi connectivity index (χ0n) is 13.6. The number of likely N-dealkylation sites (N-methyl/N-ethyl adjacent to an activating group) is 1. The summed E-state index contributed by atoms with van der Waals surface area (Å²) in [6.07, 6.45) is 1.64. The van der Waals surface area contributed by atoms with Crippen LogP contribution in [0.3, 0.4) is 0 Å². The quantitative estimate of drug-likeness (QED) is 0.870. The van der Waals surface area contributed by atoms with Crippen molar-refractivity contribution in [3.63, 3.8) is 0 Å². The first-order valence-corrected chi connectivity index (χ1v) is 8.82. The van der Waals surface area contributed by atoms with Crippen LogP contribution in [-0.2, 0) is 0 Å². The van der Waals surface area contributed by atoms with Crippen LogP contribution in [0.2, 0.25) is 0 Å². The highest BCUT2D eigenvalue weighted by atomic mass is 79.9. The van der Waals surface area contributed by atoms with Gasteiger partial charge in [0.25, 0.3) is 5.91 Å². The molecule has 1 amide bonds. The molecule has 0 atom stereocenters. The van der Waals surface area contributed by atoms with Gasteiger partial charge in [-0.2, -0.15) is 0 Å². The Balaban J connectivity index is 1.68. The van der Waals surface area contributed by atoms with Gasteiger partial charge in [0.05, 0.1) is 0 Å². The van der Waals surface area contributed by atoms with Crippen LogP contribution in [0.15, 0.2) is 41.0 Å². The van der Waals surface area contributed by atoms with Gasteiger partial charge in [-0.05, 0) is 36.9 Å². The van der Waals surface area contributed by atoms with Crippen molar-refractivity contribution in [3.05, 3.63) is 46.7 Å². The third-order valence-corrected chi connectivity index (χ3v) is 4.61. The first-order valence-electron chi connectivity index (χ1n) is 8.03. The average Bonchev–Trinajstić information content (AvgIpc) is 2.64. The Morgan fingerprint density at radius 3 is 2.54 bits per heavy atom. The Morgan fingerprint density at radius 1 is 1.17 bits per heavy atom. The first-order chi connectivity index (χ1) is 11.7. The number of amides is 1. The lowest BCUT2D eigenvalue weighted by molar-refractivity contribution is 0.102. The third-order valence-electron chi connectivity index (χ3n) is 4.08. The highest BCUT2D eigenvalue weighted by Crippen LogP contribution is 2.16. The average molecular weight is 390 g/mol. The van der Waals surface area contributed by atoms with E-state index in [1.807, 2.05) is 24.3 Å². The molecule has 2 aromatic rings. The summed E-state index contributed by atoms with van der Waals surface area (Å²) in [5.74, 6) is 0.391. The minimum atomic E-state index is -0.229. The fourth-order valence-corrected chi connectivity index (χ4v) is 2.88. The fraction of sp³-hybridized carbons (Fsp3) is 0.353. The molecule has 1 aromatic heterocycles. The van der Waals surface area contributed by atoms with Crippen LogP contribution < -0.4 is 10.2 Å². The van der Waals surface area contributed by atoms with Gasteiger partial charge < -0.3 is 15.1 Å². The van der Waals surface area contributed by atoms with Gasteiger partial charge in [0.1, 0.15) is 5.69 Å². The Kier molecular flexibility index (Phi) is 5.42. The zero-order chi connectivity index (χ0) is 16.9. The summed E-state index contributed by atoms with van der Waals surface area (Å²) in [7, 11) is 0. The van der Waals surface area contributed by atoms with Crippen molar-refractivity contribution in [2.24, 2.45) is 0 Å². The van der Waals surface area contributed by atoms with Crippen molar-refractivity contribution < 1.29 is 4.79 Å². The molecule has 0 spiro atoms. The minimum absolute atomic E-state index is 0.229. The van der Waals surface area contributed by atoms with Gasteiger partial charge in [-0.15, -0.1) is 0 Å². The smallest absolute Gasteiger partial charge is 0.274 e. The minimum Gasteiger partial charge on any atom is -0.338 e. The standard InChI is InChI=1S/C17H20BrN5O/c1-2-22-9-11-23(12-10-22)17-19-8-7-15(21-17)16(24)20-14-5-3-13(18)4-6-14/h3-8H,2,9-12H2,1H3,(H,20,24). The molecule has 1 aliphatic rings. The molecule has 0 unspecified atom stereocenters. The second-order valence-electron chi connectivity index (χ2n) is 5.62. The molecule has 1 saturated heterocycles. The van der Waals surface area contributed by atoms with Crippen LogP contribution in [0, 0.1) is 0 Å². The number of hydrogen-bond donors (Lipinski definition) is 1. The fourth-order valence-electron chi connectivity index (χ4n) is 2.62. The van der Waals surface area contributed by atoms with E-state index in [-0.39, 0.29) is 5.91 Å². The summed E-state index contributed by atoms with van der Waals surface area (Å²) >= 11 is 3.38. The number of nitrogens with zero attached hydrogens (tertiary/aromatic N) is 4. The SMILES string of the molecule is CCN1CCN(c2nccc(C(=O)Nc3ccc(Br)cc3)n2)CC1. The van der Waals surface area contributed by atoms with Crippen molar-refractivity contribution in [2.75, 3.05) is 42.9 Å². The van der Waals surface area contributed by atoms with Crippen LogP contribution in [-0.4, -0.2) is 53.5 Å². The zero-order valence-corrected chi connectivity index (χ0v) is 15.2. The summed E-state index contributed by atoms with van der Waals surface area (Å²) in [5.41, 5.74) is 1.11. The van der Waals surface area contributed by atoms with E-state index >= 15 is 0 Å². The maximum atomic E-state index is 12.4. The number of benzene rings is 1. The number of hydrogen-bond acceptors (Lipinski definition) is 5. The number of carbonyl (C=O) groups excluding carboxylic acids is 1. The highest BCUT2D eigenvalue weighted by Gasteiger charge is 2.19. The second kappa shape index (κ2) is 7.72. The van der Waals surface area contributed by atoms with E-state index in [0.717, 1.165) is 42.9 Å². The lowest BCUT2D eigenvalue weighted by Crippen LogP contribution is -2.46. The molecule has 2 heterocycles. The molecule has 0 radical (unpaired) electrons. The summed E-state index contributed by atoms with van der Waals surface area (Å²) < 4.78 is 0.969. The molecule has 1 fully saturated rings. The van der Waals surface area contributed by atoms with Crippen LogP contribution in [0.5, 0.6) is 0 Å². The van der Waals surface area contributed by atoms with Gasteiger partial charge in [0.2, 0.25) is 5.95 Å². The molecule has 0 saturated carbocycles. The van der Waals surface area contributed by atoms with E-state index in [2.05, 4.69) is 47.9 Å². The topological polar surface area (TPSA) is 61.4 Å². The maximum Gasteiger partial charge on any atom is 0.274 e. The van der Waals surface area contributed by atoms with E-state index in [0.29, 0.717) is 11.6 Å². The molecule has 1 aliphatic heterocycles. The summed E-state index contributed by atoms with van der Waals surface area (Å²) in [4.78, 5) is 25.7. The predicted octanol–water partition coefficient (Wildman–Crippen LogP) is 2.63. The monoisotopic (exact) mass is 389 g/mol. The van der Waals surface area contributed by atoms with Gasteiger partial charge in [-0.1, -0.05) is 22.9 Å². The lowest BCUT2D eigenvalue weighted by Gasteiger charge is -2.34. The Bertz CT molecular complexity index is 698. The molecular formula is C17H20BrN5O. The Labute approximate surface area is 150 Å². The number of halogens is 1. The Hall–Kier alpha value is -1.99. The van der Waals surface area contributed by atoms with Crippen LogP contribution in [0.25, 0.3) is 0 Å². The lowest BCUT2D eigenvalue weighted by atomic mass is 10.3. The number of nitrogens with one attached hydrogen (secondary N) is 1. The van der Waals surface area contributed by atoms with E-state index in [9.17, 15) is 4.79 Å². The third kappa shape index (κ3) is 4.10. The molecule has 3 rings (SSSR count). The highest BCUT2D eigenvalue weighted by molar-refractivity contribution is 9.10. The van der Waals surface area contributed by atoms with Crippen molar-refractivity contribution >= 4 is 33.5 Å². The van der Waals surface area contributed by atoms with E-state index in [1.165, 1.54) is 0 Å². The molecule has 24 heavy (non-hydrogen) atoms. The van der Waals surface area contributed by atoms with Crippen molar-refractivity contribution in [2.45, 2.75) is 6.92 Å². The van der Waals surface area contributed by atoms with Crippen molar-refractivity contribution in [1.29, 1.82) is 0 Å². The van der Waals surface area contributed by atoms with Gasteiger partial charge >= 0.3 is 0 Å². The second-order valence-corrected chi connectivity index (χ2v) is 6.54. The van der Waals surface area contributed by atoms with E-state index < -0.39 is 0 Å². The molecule has 1 N–H and O–H groups in total. The Morgan fingerprint density at radius 2 is 1.88 bits per heavy atom. The summed E-state index contributed by atoms with van der Waals surface area (Å²) in [6.45, 7) is 6.98. The molecule has 126 valence electrons. The number of carbonyl (C=O) groups is 1. The molecule has 0 bridgehead atoms. The molecule has 1 aromatic carbocycles. The van der Waals surface area contributed by atoms with Crippen LogP contribution >= 0.6 is 15.9 Å². The van der Waals surface area contributed by atoms with Gasteiger partial charge in [0.15, 0.2) is 0 Å². The van der Waals surface area contributed by atoms with Gasteiger partial charge in [-0.25, -0.2) is 9.97 Å². The van der Waals surface area contributed by atoms with Crippen molar-refractivity contribution in [1.82, 2.24) is 14.9 Å². The predicted molar refractivity (Wildman–Crippen MR) is 98.5 cm³/mol. The summed E-state index contributed by atoms with van der Waals surface area (Å²) in [6, 6.07) is 9.09. The number of piperazine rings is 1. The molecular weight excluding hydrogens is 370 g/mol. The molecule has 6 nitrogen and oxygen atoms in total. The number of aromatic nitrogens is 2. The molecule has 0 aliphatic carbocycles. The largest absolute Gasteiger partial charge is 0.338 e. The normalized spacial score (nSPS) is 15.3. The molecule has 7 heteroatoms.